The summed E-state index contributed by atoms with van der Waals surface area (Å²) in [6, 6.07) is 11.3. The highest BCUT2D eigenvalue weighted by atomic mass is 35.5. The van der Waals surface area contributed by atoms with Gasteiger partial charge in [-0.15, -0.1) is 0 Å². The Hall–Kier alpha value is -2.78. The number of hydrogen-bond acceptors (Lipinski definition) is 5. The van der Waals surface area contributed by atoms with E-state index in [1.165, 1.54) is 24.1 Å². The Bertz CT molecular complexity index is 1170. The van der Waals surface area contributed by atoms with E-state index in [2.05, 4.69) is 5.32 Å². The standard InChI is InChI=1S/C26H36ClN3O5S/c1-7-19(4)28-26(32)23(8-2)29(16-20-12-10-9-11-18(20)3)25(31)17-30(36(6,33)34)21-13-14-24(35-5)22(27)15-21/h9-15,19,23H,7-8,16-17H2,1-6H3,(H,28,32)/t19-,23+/m0/s1. The minimum atomic E-state index is -3.85. The molecule has 2 atom stereocenters. The fourth-order valence-electron chi connectivity index (χ4n) is 3.76. The molecule has 2 rings (SSSR count). The van der Waals surface area contributed by atoms with Gasteiger partial charge in [0.25, 0.3) is 0 Å². The van der Waals surface area contributed by atoms with Gasteiger partial charge in [-0.3, -0.25) is 13.9 Å². The first kappa shape index (κ1) is 29.5. The van der Waals surface area contributed by atoms with Gasteiger partial charge in [0.15, 0.2) is 0 Å². The van der Waals surface area contributed by atoms with Gasteiger partial charge >= 0.3 is 0 Å². The largest absolute Gasteiger partial charge is 0.495 e. The molecular formula is C26H36ClN3O5S. The van der Waals surface area contributed by atoms with Crippen LogP contribution in [0.5, 0.6) is 5.75 Å². The molecule has 0 bridgehead atoms. The summed E-state index contributed by atoms with van der Waals surface area (Å²) in [6.45, 7) is 7.30. The molecule has 0 aliphatic carbocycles. The predicted octanol–water partition coefficient (Wildman–Crippen LogP) is 4.15. The maximum Gasteiger partial charge on any atom is 0.244 e. The average Bonchev–Trinajstić information content (AvgIpc) is 2.82. The number of carbonyl (C=O) groups is 2. The molecule has 0 radical (unpaired) electrons. The summed E-state index contributed by atoms with van der Waals surface area (Å²) < 4.78 is 31.6. The molecule has 0 aromatic heterocycles. The summed E-state index contributed by atoms with van der Waals surface area (Å²) in [5.41, 5.74) is 2.07. The Morgan fingerprint density at radius 2 is 1.78 bits per heavy atom. The lowest BCUT2D eigenvalue weighted by atomic mass is 10.1. The SMILES string of the molecule is CC[C@H](C(=O)N[C@@H](C)CC)N(Cc1ccccc1C)C(=O)CN(c1ccc(OC)c(Cl)c1)S(C)(=O)=O. The number of nitrogens with one attached hydrogen (secondary N) is 1. The Morgan fingerprint density at radius 3 is 2.31 bits per heavy atom. The highest BCUT2D eigenvalue weighted by molar-refractivity contribution is 7.92. The van der Waals surface area contributed by atoms with Crippen molar-refractivity contribution in [1.82, 2.24) is 10.2 Å². The zero-order valence-corrected chi connectivity index (χ0v) is 23.3. The number of amides is 2. The number of anilines is 1. The summed E-state index contributed by atoms with van der Waals surface area (Å²) >= 11 is 6.23. The van der Waals surface area contributed by atoms with E-state index in [0.717, 1.165) is 28.1 Å². The zero-order chi connectivity index (χ0) is 27.0. The minimum absolute atomic E-state index is 0.0593. The van der Waals surface area contributed by atoms with Gasteiger partial charge in [0.05, 0.1) is 24.1 Å². The Kier molecular flexibility index (Phi) is 10.6. The van der Waals surface area contributed by atoms with Crippen LogP contribution in [0.15, 0.2) is 42.5 Å². The van der Waals surface area contributed by atoms with Crippen LogP contribution in [0.4, 0.5) is 5.69 Å². The van der Waals surface area contributed by atoms with E-state index in [1.54, 1.807) is 6.07 Å². The van der Waals surface area contributed by atoms with E-state index in [9.17, 15) is 18.0 Å². The van der Waals surface area contributed by atoms with Gasteiger partial charge in [-0.25, -0.2) is 8.42 Å². The number of nitrogens with zero attached hydrogens (tertiary/aromatic N) is 2. The molecule has 0 aliphatic rings. The molecule has 0 aliphatic heterocycles. The smallest absolute Gasteiger partial charge is 0.244 e. The van der Waals surface area contributed by atoms with Gasteiger partial charge in [-0.2, -0.15) is 0 Å². The normalized spacial score (nSPS) is 13.0. The predicted molar refractivity (Wildman–Crippen MR) is 144 cm³/mol. The number of methoxy groups -OCH3 is 1. The van der Waals surface area contributed by atoms with E-state index < -0.39 is 28.5 Å². The van der Waals surface area contributed by atoms with Crippen LogP contribution in [0.1, 0.15) is 44.7 Å². The lowest BCUT2D eigenvalue weighted by molar-refractivity contribution is -0.140. The van der Waals surface area contributed by atoms with E-state index in [4.69, 9.17) is 16.3 Å². The van der Waals surface area contributed by atoms with Gasteiger partial charge in [0.1, 0.15) is 18.3 Å². The van der Waals surface area contributed by atoms with Crippen molar-refractivity contribution in [1.29, 1.82) is 0 Å². The highest BCUT2D eigenvalue weighted by Crippen LogP contribution is 2.30. The lowest BCUT2D eigenvalue weighted by Gasteiger charge is -2.33. The second-order valence-corrected chi connectivity index (χ2v) is 11.1. The molecule has 2 amide bonds. The minimum Gasteiger partial charge on any atom is -0.495 e. The van der Waals surface area contributed by atoms with Gasteiger partial charge < -0.3 is 15.0 Å². The van der Waals surface area contributed by atoms with Crippen LogP contribution in [-0.2, 0) is 26.2 Å². The number of benzene rings is 2. The fourth-order valence-corrected chi connectivity index (χ4v) is 4.85. The molecule has 0 unspecified atom stereocenters. The maximum absolute atomic E-state index is 13.7. The maximum atomic E-state index is 13.7. The molecule has 0 heterocycles. The number of ether oxygens (including phenoxy) is 1. The van der Waals surface area contributed by atoms with Crippen LogP contribution in [0.25, 0.3) is 0 Å². The van der Waals surface area contributed by atoms with Crippen molar-refractivity contribution in [2.45, 2.75) is 59.2 Å². The van der Waals surface area contributed by atoms with Crippen LogP contribution in [0.2, 0.25) is 5.02 Å². The van der Waals surface area contributed by atoms with E-state index in [0.29, 0.717) is 12.2 Å². The van der Waals surface area contributed by atoms with Crippen molar-refractivity contribution in [3.8, 4) is 5.75 Å². The van der Waals surface area contributed by atoms with Crippen molar-refractivity contribution in [2.24, 2.45) is 0 Å². The van der Waals surface area contributed by atoms with E-state index in [1.807, 2.05) is 52.0 Å². The second kappa shape index (κ2) is 13.0. The summed E-state index contributed by atoms with van der Waals surface area (Å²) in [5, 5.41) is 3.17. The van der Waals surface area contributed by atoms with Crippen LogP contribution < -0.4 is 14.4 Å². The van der Waals surface area contributed by atoms with Gasteiger partial charge in [-0.1, -0.05) is 49.7 Å². The molecule has 0 saturated carbocycles. The average molecular weight is 538 g/mol. The van der Waals surface area contributed by atoms with Gasteiger partial charge in [0, 0.05) is 12.6 Å². The molecule has 10 heteroatoms. The van der Waals surface area contributed by atoms with Gasteiger partial charge in [-0.05, 0) is 56.0 Å². The molecule has 0 saturated heterocycles. The summed E-state index contributed by atoms with van der Waals surface area (Å²) in [5.74, 6) is -0.386. The van der Waals surface area contributed by atoms with Crippen LogP contribution in [-0.4, -0.2) is 57.1 Å². The molecule has 1 N–H and O–H groups in total. The molecule has 2 aromatic rings. The van der Waals surface area contributed by atoms with E-state index >= 15 is 0 Å². The molecule has 0 fully saturated rings. The third-order valence-corrected chi connectivity index (χ3v) is 7.53. The topological polar surface area (TPSA) is 96.0 Å². The fraction of sp³-hybridized carbons (Fsp3) is 0.462. The van der Waals surface area contributed by atoms with Crippen LogP contribution >= 0.6 is 11.6 Å². The number of carbonyl (C=O) groups excluding carboxylic acids is 2. The number of rotatable bonds is 12. The molecule has 2 aromatic carbocycles. The van der Waals surface area contributed by atoms with Crippen molar-refractivity contribution >= 4 is 39.1 Å². The third kappa shape index (κ3) is 7.61. The summed E-state index contributed by atoms with van der Waals surface area (Å²) in [6.07, 6.45) is 2.14. The van der Waals surface area contributed by atoms with Crippen molar-refractivity contribution in [2.75, 3.05) is 24.2 Å². The van der Waals surface area contributed by atoms with Crippen molar-refractivity contribution in [3.05, 3.63) is 58.6 Å². The number of hydrogen-bond donors (Lipinski definition) is 1. The molecule has 0 spiro atoms. The first-order chi connectivity index (χ1) is 16.9. The molecule has 36 heavy (non-hydrogen) atoms. The first-order valence-corrected chi connectivity index (χ1v) is 14.1. The molecule has 198 valence electrons. The monoisotopic (exact) mass is 537 g/mol. The Morgan fingerprint density at radius 1 is 1.11 bits per heavy atom. The molecular weight excluding hydrogens is 502 g/mol. The number of halogens is 1. The van der Waals surface area contributed by atoms with Gasteiger partial charge in [0.2, 0.25) is 21.8 Å². The number of aryl methyl sites for hydroxylation is 1. The van der Waals surface area contributed by atoms with E-state index in [-0.39, 0.29) is 29.2 Å². The lowest BCUT2D eigenvalue weighted by Crippen LogP contribution is -2.53. The summed E-state index contributed by atoms with van der Waals surface area (Å²) in [4.78, 5) is 28.4. The zero-order valence-electron chi connectivity index (χ0n) is 21.7. The van der Waals surface area contributed by atoms with Crippen LogP contribution in [0.3, 0.4) is 0 Å². The van der Waals surface area contributed by atoms with Crippen molar-refractivity contribution in [3.63, 3.8) is 0 Å². The quantitative estimate of drug-likeness (QED) is 0.439. The summed E-state index contributed by atoms with van der Waals surface area (Å²) in [7, 11) is -2.40. The number of sulfonamides is 1. The Balaban J connectivity index is 2.48. The van der Waals surface area contributed by atoms with Crippen molar-refractivity contribution < 1.29 is 22.7 Å². The van der Waals surface area contributed by atoms with Crippen LogP contribution in [0, 0.1) is 6.92 Å². The Labute approximate surface area is 219 Å². The second-order valence-electron chi connectivity index (χ2n) is 8.78. The molecule has 8 nitrogen and oxygen atoms in total. The third-order valence-electron chi connectivity index (χ3n) is 6.09. The first-order valence-electron chi connectivity index (χ1n) is 11.9. The highest BCUT2D eigenvalue weighted by Gasteiger charge is 2.32.